The second kappa shape index (κ2) is 7.11. The number of fused-ring (bicyclic) bond motifs is 1. The fourth-order valence-electron chi connectivity index (χ4n) is 2.16. The molecule has 106 valence electrons. The van der Waals surface area contributed by atoms with Gasteiger partial charge in [-0.1, -0.05) is 24.3 Å². The molecule has 0 fully saturated rings. The molecule has 0 aliphatic rings. The van der Waals surface area contributed by atoms with E-state index in [0.717, 1.165) is 16.5 Å². The first-order chi connectivity index (χ1) is 10.3. The number of carbonyl (C=O) groups is 1. The van der Waals surface area contributed by atoms with Crippen LogP contribution in [0.15, 0.2) is 49.2 Å². The van der Waals surface area contributed by atoms with Crippen molar-refractivity contribution in [2.24, 2.45) is 0 Å². The lowest BCUT2D eigenvalue weighted by atomic mass is 10.1. The fourth-order valence-corrected chi connectivity index (χ4v) is 2.16. The van der Waals surface area contributed by atoms with E-state index in [1.807, 2.05) is 35.0 Å². The van der Waals surface area contributed by atoms with E-state index in [1.54, 1.807) is 12.2 Å². The highest BCUT2D eigenvalue weighted by molar-refractivity contribution is 5.96. The molecular weight excluding hydrogens is 262 g/mol. The Balaban J connectivity index is 2.27. The highest BCUT2D eigenvalue weighted by Crippen LogP contribution is 2.22. The first kappa shape index (κ1) is 14.6. The van der Waals surface area contributed by atoms with E-state index >= 15 is 0 Å². The molecule has 2 rings (SSSR count). The van der Waals surface area contributed by atoms with Crippen molar-refractivity contribution in [3.63, 3.8) is 0 Å². The van der Waals surface area contributed by atoms with Crippen molar-refractivity contribution < 1.29 is 4.79 Å². The van der Waals surface area contributed by atoms with Crippen molar-refractivity contribution in [1.29, 1.82) is 5.26 Å². The molecule has 0 bridgehead atoms. The molecule has 0 aliphatic heterocycles. The van der Waals surface area contributed by atoms with E-state index < -0.39 is 0 Å². The summed E-state index contributed by atoms with van der Waals surface area (Å²) < 4.78 is 2.04. The molecule has 1 aromatic heterocycles. The fraction of sp³-hybridized carbons (Fsp3) is 0.176. The van der Waals surface area contributed by atoms with Crippen LogP contribution in [0.5, 0.6) is 0 Å². The minimum atomic E-state index is -0.149. The highest BCUT2D eigenvalue weighted by atomic mass is 16.1. The number of aryl methyl sites for hydroxylation is 1. The molecule has 21 heavy (non-hydrogen) atoms. The number of rotatable bonds is 6. The number of hydrogen-bond acceptors (Lipinski definition) is 2. The van der Waals surface area contributed by atoms with Gasteiger partial charge in [0.1, 0.15) is 0 Å². The van der Waals surface area contributed by atoms with Crippen LogP contribution >= 0.6 is 0 Å². The molecule has 0 aliphatic carbocycles. The van der Waals surface area contributed by atoms with Gasteiger partial charge in [-0.15, -0.1) is 6.58 Å². The number of hydrogen-bond donors (Lipinski definition) is 1. The number of nitrogens with one attached hydrogen (secondary N) is 1. The molecule has 2 aromatic rings. The molecule has 0 saturated heterocycles. The molecule has 1 amide bonds. The molecule has 0 spiro atoms. The molecule has 0 saturated carbocycles. The Morgan fingerprint density at radius 1 is 1.43 bits per heavy atom. The summed E-state index contributed by atoms with van der Waals surface area (Å²) in [6.45, 7) is 4.65. The lowest BCUT2D eigenvalue weighted by Gasteiger charge is -2.00. The molecule has 1 N–H and O–H groups in total. The summed E-state index contributed by atoms with van der Waals surface area (Å²) in [5, 5.41) is 12.5. The van der Waals surface area contributed by atoms with Crippen molar-refractivity contribution in [3.8, 4) is 6.07 Å². The van der Waals surface area contributed by atoms with Gasteiger partial charge in [-0.3, -0.25) is 4.79 Å². The maximum atomic E-state index is 11.6. The maximum absolute atomic E-state index is 11.6. The quantitative estimate of drug-likeness (QED) is 0.653. The summed E-state index contributed by atoms with van der Waals surface area (Å²) in [7, 11) is 0. The zero-order valence-corrected chi connectivity index (χ0v) is 11.7. The minimum absolute atomic E-state index is 0.149. The van der Waals surface area contributed by atoms with Crippen LogP contribution in [0.1, 0.15) is 12.0 Å². The van der Waals surface area contributed by atoms with Crippen molar-refractivity contribution >= 4 is 22.9 Å². The van der Waals surface area contributed by atoms with Crippen LogP contribution in [0.2, 0.25) is 0 Å². The van der Waals surface area contributed by atoms with Gasteiger partial charge in [0.05, 0.1) is 12.5 Å². The molecule has 0 radical (unpaired) electrons. The Morgan fingerprint density at radius 2 is 2.24 bits per heavy atom. The van der Waals surface area contributed by atoms with Crippen molar-refractivity contribution in [2.45, 2.75) is 13.0 Å². The van der Waals surface area contributed by atoms with Crippen molar-refractivity contribution in [3.05, 3.63) is 54.8 Å². The normalized spacial score (nSPS) is 10.6. The number of benzene rings is 1. The number of carbonyl (C=O) groups excluding carboxylic acids is 1. The van der Waals surface area contributed by atoms with Gasteiger partial charge >= 0.3 is 0 Å². The molecule has 0 unspecified atom stereocenters. The lowest BCUT2D eigenvalue weighted by molar-refractivity contribution is -0.116. The Morgan fingerprint density at radius 3 is 3.00 bits per heavy atom. The third kappa shape index (κ3) is 3.61. The van der Waals surface area contributed by atoms with Crippen LogP contribution in [0.4, 0.5) is 0 Å². The minimum Gasteiger partial charge on any atom is -0.349 e. The summed E-state index contributed by atoms with van der Waals surface area (Å²) in [6, 6.07) is 10.1. The standard InChI is InChI=1S/C17H17N3O/c1-2-11-19-17(21)9-8-14-13-20(12-5-10-18)16-7-4-3-6-15(14)16/h2-4,6-9,13H,1,5,11-12H2,(H,19,21)/b9-8+. The second-order valence-corrected chi connectivity index (χ2v) is 4.57. The van der Waals surface area contributed by atoms with Crippen LogP contribution in [0.25, 0.3) is 17.0 Å². The zero-order valence-electron chi connectivity index (χ0n) is 11.7. The van der Waals surface area contributed by atoms with Crippen molar-refractivity contribution in [1.82, 2.24) is 9.88 Å². The van der Waals surface area contributed by atoms with E-state index in [-0.39, 0.29) is 5.91 Å². The first-order valence-electron chi connectivity index (χ1n) is 6.78. The molecule has 1 heterocycles. The van der Waals surface area contributed by atoms with E-state index in [9.17, 15) is 4.79 Å². The van der Waals surface area contributed by atoms with Gasteiger partial charge < -0.3 is 9.88 Å². The van der Waals surface area contributed by atoms with Crippen LogP contribution in [0.3, 0.4) is 0 Å². The smallest absolute Gasteiger partial charge is 0.244 e. The van der Waals surface area contributed by atoms with Crippen LogP contribution in [-0.4, -0.2) is 17.0 Å². The number of amides is 1. The number of nitriles is 1. The molecular formula is C17H17N3O. The van der Waals surface area contributed by atoms with E-state index in [1.165, 1.54) is 6.08 Å². The van der Waals surface area contributed by atoms with Crippen LogP contribution < -0.4 is 5.32 Å². The third-order valence-corrected chi connectivity index (χ3v) is 3.12. The van der Waals surface area contributed by atoms with Gasteiger partial charge in [-0.2, -0.15) is 5.26 Å². The van der Waals surface area contributed by atoms with E-state index in [4.69, 9.17) is 5.26 Å². The van der Waals surface area contributed by atoms with Gasteiger partial charge in [-0.05, 0) is 12.1 Å². The average Bonchev–Trinajstić information content (AvgIpc) is 2.87. The van der Waals surface area contributed by atoms with Gasteiger partial charge in [0.15, 0.2) is 0 Å². The number of para-hydroxylation sites is 1. The summed E-state index contributed by atoms with van der Waals surface area (Å²) >= 11 is 0. The SMILES string of the molecule is C=CCNC(=O)/C=C/c1cn(CCC#N)c2ccccc12. The zero-order chi connectivity index (χ0) is 15.1. The summed E-state index contributed by atoms with van der Waals surface area (Å²) in [4.78, 5) is 11.6. The molecule has 1 aromatic carbocycles. The number of nitrogens with zero attached hydrogens (tertiary/aromatic N) is 2. The van der Waals surface area contributed by atoms with E-state index in [2.05, 4.69) is 18.0 Å². The summed E-state index contributed by atoms with van der Waals surface area (Å²) in [5.41, 5.74) is 2.04. The Kier molecular flexibility index (Phi) is 4.94. The monoisotopic (exact) mass is 279 g/mol. The van der Waals surface area contributed by atoms with Gasteiger partial charge in [-0.25, -0.2) is 0 Å². The van der Waals surface area contributed by atoms with Gasteiger partial charge in [0.2, 0.25) is 5.91 Å². The average molecular weight is 279 g/mol. The van der Waals surface area contributed by atoms with E-state index in [0.29, 0.717) is 19.5 Å². The summed E-state index contributed by atoms with van der Waals surface area (Å²) in [5.74, 6) is -0.149. The topological polar surface area (TPSA) is 57.8 Å². The predicted molar refractivity (Wildman–Crippen MR) is 84.4 cm³/mol. The third-order valence-electron chi connectivity index (χ3n) is 3.12. The highest BCUT2D eigenvalue weighted by Gasteiger charge is 2.05. The number of aromatic nitrogens is 1. The maximum Gasteiger partial charge on any atom is 0.244 e. The Labute approximate surface area is 124 Å². The molecule has 4 nitrogen and oxygen atoms in total. The Hall–Kier alpha value is -2.80. The molecule has 4 heteroatoms. The predicted octanol–water partition coefficient (Wildman–Crippen LogP) is 2.87. The van der Waals surface area contributed by atoms with Gasteiger partial charge in [0, 0.05) is 41.8 Å². The van der Waals surface area contributed by atoms with Crippen molar-refractivity contribution in [2.75, 3.05) is 6.54 Å². The van der Waals surface area contributed by atoms with Crippen LogP contribution in [-0.2, 0) is 11.3 Å². The molecule has 0 atom stereocenters. The Bertz CT molecular complexity index is 719. The van der Waals surface area contributed by atoms with Gasteiger partial charge in [0.25, 0.3) is 0 Å². The summed E-state index contributed by atoms with van der Waals surface area (Å²) in [6.07, 6.45) is 7.38. The lowest BCUT2D eigenvalue weighted by Crippen LogP contribution is -2.20. The largest absolute Gasteiger partial charge is 0.349 e. The second-order valence-electron chi connectivity index (χ2n) is 4.57. The van der Waals surface area contributed by atoms with Crippen LogP contribution in [0, 0.1) is 11.3 Å². The first-order valence-corrected chi connectivity index (χ1v) is 6.78.